The second-order valence-corrected chi connectivity index (χ2v) is 4.47. The maximum atomic E-state index is 13.5. The zero-order valence-electron chi connectivity index (χ0n) is 10.7. The number of rotatable bonds is 4. The fraction of sp³-hybridized carbons (Fsp3) is 0.133. The molecule has 2 aromatic rings. The molecule has 0 amide bonds. The van der Waals surface area contributed by atoms with E-state index in [4.69, 9.17) is 26.3 Å². The van der Waals surface area contributed by atoms with Crippen molar-refractivity contribution < 1.29 is 13.9 Å². The molecule has 2 aromatic carbocycles. The molecule has 0 N–H and O–H groups in total. The van der Waals surface area contributed by atoms with Gasteiger partial charge in [0.15, 0.2) is 0 Å². The zero-order chi connectivity index (χ0) is 14.5. The van der Waals surface area contributed by atoms with E-state index in [9.17, 15) is 4.39 Å². The van der Waals surface area contributed by atoms with E-state index in [1.165, 1.54) is 25.3 Å². The van der Waals surface area contributed by atoms with Crippen molar-refractivity contribution in [2.75, 3.05) is 7.11 Å². The molecule has 0 saturated carbocycles. The minimum Gasteiger partial charge on any atom is -0.497 e. The third-order valence-corrected chi connectivity index (χ3v) is 2.88. The molecule has 2 rings (SSSR count). The minimum absolute atomic E-state index is 0.0183. The van der Waals surface area contributed by atoms with Gasteiger partial charge in [-0.15, -0.1) is 0 Å². The molecule has 0 heterocycles. The number of ether oxygens (including phenoxy) is 2. The smallest absolute Gasteiger partial charge is 0.129 e. The molecule has 0 aromatic heterocycles. The van der Waals surface area contributed by atoms with Crippen LogP contribution in [-0.4, -0.2) is 7.11 Å². The minimum atomic E-state index is -0.391. The van der Waals surface area contributed by atoms with Crippen molar-refractivity contribution in [2.45, 2.75) is 6.61 Å². The Hall–Kier alpha value is -2.25. The van der Waals surface area contributed by atoms with Crippen LogP contribution >= 0.6 is 11.6 Å². The second-order valence-electron chi connectivity index (χ2n) is 4.03. The highest BCUT2D eigenvalue weighted by Crippen LogP contribution is 2.24. The van der Waals surface area contributed by atoms with Gasteiger partial charge in [0.1, 0.15) is 23.9 Å². The molecule has 5 heteroatoms. The van der Waals surface area contributed by atoms with Crippen LogP contribution < -0.4 is 9.47 Å². The highest BCUT2D eigenvalue weighted by molar-refractivity contribution is 6.30. The van der Waals surface area contributed by atoms with Gasteiger partial charge in [-0.2, -0.15) is 5.26 Å². The Balaban J connectivity index is 2.18. The van der Waals surface area contributed by atoms with Gasteiger partial charge in [-0.25, -0.2) is 4.39 Å². The Morgan fingerprint density at radius 2 is 1.95 bits per heavy atom. The number of nitriles is 1. The van der Waals surface area contributed by atoms with Gasteiger partial charge < -0.3 is 9.47 Å². The summed E-state index contributed by atoms with van der Waals surface area (Å²) in [6.45, 7) is 0.0183. The van der Waals surface area contributed by atoms with E-state index in [0.29, 0.717) is 27.6 Å². The lowest BCUT2D eigenvalue weighted by Crippen LogP contribution is -1.99. The summed E-state index contributed by atoms with van der Waals surface area (Å²) in [5.74, 6) is 0.545. The summed E-state index contributed by atoms with van der Waals surface area (Å²) in [6, 6.07) is 11.0. The van der Waals surface area contributed by atoms with Crippen molar-refractivity contribution in [3.63, 3.8) is 0 Å². The van der Waals surface area contributed by atoms with Crippen LogP contribution in [0.2, 0.25) is 5.02 Å². The SMILES string of the molecule is COc1cc(C#N)cc(OCc2cc(Cl)ccc2F)c1. The lowest BCUT2D eigenvalue weighted by molar-refractivity contribution is 0.297. The molecule has 0 atom stereocenters. The van der Waals surface area contributed by atoms with Crippen LogP contribution in [0.15, 0.2) is 36.4 Å². The molecular weight excluding hydrogens is 281 g/mol. The summed E-state index contributed by atoms with van der Waals surface area (Å²) in [5.41, 5.74) is 0.754. The van der Waals surface area contributed by atoms with Crippen molar-refractivity contribution in [1.29, 1.82) is 5.26 Å². The summed E-state index contributed by atoms with van der Waals surface area (Å²) in [7, 11) is 1.50. The molecule has 0 saturated heterocycles. The summed E-state index contributed by atoms with van der Waals surface area (Å²) in [5, 5.41) is 9.35. The first-order valence-electron chi connectivity index (χ1n) is 5.78. The largest absolute Gasteiger partial charge is 0.497 e. The molecule has 0 aliphatic carbocycles. The van der Waals surface area contributed by atoms with Crippen LogP contribution in [-0.2, 0) is 6.61 Å². The van der Waals surface area contributed by atoms with Gasteiger partial charge in [0.05, 0.1) is 18.7 Å². The van der Waals surface area contributed by atoms with E-state index < -0.39 is 5.82 Å². The summed E-state index contributed by atoms with van der Waals surface area (Å²) >= 11 is 5.81. The molecule has 0 bridgehead atoms. The van der Waals surface area contributed by atoms with Crippen molar-refractivity contribution in [1.82, 2.24) is 0 Å². The van der Waals surface area contributed by atoms with Gasteiger partial charge in [-0.3, -0.25) is 0 Å². The first-order valence-corrected chi connectivity index (χ1v) is 6.16. The number of methoxy groups -OCH3 is 1. The number of halogens is 2. The predicted molar refractivity (Wildman–Crippen MR) is 73.5 cm³/mol. The zero-order valence-corrected chi connectivity index (χ0v) is 11.4. The van der Waals surface area contributed by atoms with Gasteiger partial charge >= 0.3 is 0 Å². The summed E-state index contributed by atoms with van der Waals surface area (Å²) in [6.07, 6.45) is 0. The summed E-state index contributed by atoms with van der Waals surface area (Å²) in [4.78, 5) is 0. The van der Waals surface area contributed by atoms with Gasteiger partial charge in [0.2, 0.25) is 0 Å². The molecule has 0 aliphatic rings. The van der Waals surface area contributed by atoms with E-state index in [-0.39, 0.29) is 6.61 Å². The third kappa shape index (κ3) is 3.40. The van der Waals surface area contributed by atoms with Gasteiger partial charge in [-0.05, 0) is 30.3 Å². The monoisotopic (exact) mass is 291 g/mol. The van der Waals surface area contributed by atoms with E-state index in [1.54, 1.807) is 18.2 Å². The lowest BCUT2D eigenvalue weighted by Gasteiger charge is -2.09. The Labute approximate surface area is 121 Å². The van der Waals surface area contributed by atoms with Crippen LogP contribution in [0.3, 0.4) is 0 Å². The maximum absolute atomic E-state index is 13.5. The molecule has 0 radical (unpaired) electrons. The Morgan fingerprint density at radius 3 is 2.65 bits per heavy atom. The number of nitrogens with zero attached hydrogens (tertiary/aromatic N) is 1. The molecule has 102 valence electrons. The molecular formula is C15H11ClFNO2. The highest BCUT2D eigenvalue weighted by Gasteiger charge is 2.06. The fourth-order valence-corrected chi connectivity index (χ4v) is 1.85. The average Bonchev–Trinajstić information content (AvgIpc) is 2.47. The Morgan fingerprint density at radius 1 is 1.20 bits per heavy atom. The lowest BCUT2D eigenvalue weighted by atomic mass is 10.2. The average molecular weight is 292 g/mol. The van der Waals surface area contributed by atoms with Crippen molar-refractivity contribution in [3.8, 4) is 17.6 Å². The number of hydrogen-bond acceptors (Lipinski definition) is 3. The van der Waals surface area contributed by atoms with Crippen molar-refractivity contribution in [2.24, 2.45) is 0 Å². The van der Waals surface area contributed by atoms with Crippen LogP contribution in [0.25, 0.3) is 0 Å². The Kier molecular flexibility index (Phi) is 4.44. The third-order valence-electron chi connectivity index (χ3n) is 2.65. The molecule has 20 heavy (non-hydrogen) atoms. The quantitative estimate of drug-likeness (QED) is 0.857. The van der Waals surface area contributed by atoms with Crippen molar-refractivity contribution in [3.05, 3.63) is 58.4 Å². The van der Waals surface area contributed by atoms with Crippen LogP contribution in [0.5, 0.6) is 11.5 Å². The standard InChI is InChI=1S/C15H11ClFNO2/c1-19-13-4-10(8-18)5-14(7-13)20-9-11-6-12(16)2-3-15(11)17/h2-7H,9H2,1H3. The molecule has 0 fully saturated rings. The van der Waals surface area contributed by atoms with Crippen molar-refractivity contribution >= 4 is 11.6 Å². The van der Waals surface area contributed by atoms with Gasteiger partial charge in [0.25, 0.3) is 0 Å². The summed E-state index contributed by atoms with van der Waals surface area (Å²) < 4.78 is 24.1. The fourth-order valence-electron chi connectivity index (χ4n) is 1.65. The van der Waals surface area contributed by atoms with Crippen LogP contribution in [0, 0.1) is 17.1 Å². The number of hydrogen-bond donors (Lipinski definition) is 0. The predicted octanol–water partition coefficient (Wildman–Crippen LogP) is 3.94. The molecule has 0 unspecified atom stereocenters. The first-order chi connectivity index (χ1) is 9.62. The van der Waals surface area contributed by atoms with Gasteiger partial charge in [0, 0.05) is 16.7 Å². The van der Waals surface area contributed by atoms with E-state index in [2.05, 4.69) is 0 Å². The van der Waals surface area contributed by atoms with E-state index in [1.807, 2.05) is 6.07 Å². The first kappa shape index (κ1) is 14.2. The molecule has 3 nitrogen and oxygen atoms in total. The maximum Gasteiger partial charge on any atom is 0.129 e. The Bertz CT molecular complexity index is 667. The van der Waals surface area contributed by atoms with E-state index >= 15 is 0 Å². The molecule has 0 aliphatic heterocycles. The van der Waals surface area contributed by atoms with E-state index in [0.717, 1.165) is 0 Å². The topological polar surface area (TPSA) is 42.2 Å². The number of benzene rings is 2. The van der Waals surface area contributed by atoms with Gasteiger partial charge in [-0.1, -0.05) is 11.6 Å². The second kappa shape index (κ2) is 6.27. The normalized spacial score (nSPS) is 9.90. The van der Waals surface area contributed by atoms with Crippen LogP contribution in [0.4, 0.5) is 4.39 Å². The molecule has 0 spiro atoms. The highest BCUT2D eigenvalue weighted by atomic mass is 35.5. The van der Waals surface area contributed by atoms with Crippen LogP contribution in [0.1, 0.15) is 11.1 Å².